The molecule has 3 aromatic carbocycles. The molecule has 0 radical (unpaired) electrons. The number of carbonyl (C=O) groups excluding carboxylic acids is 5. The van der Waals surface area contributed by atoms with Gasteiger partial charge in [0.1, 0.15) is 17.8 Å². The van der Waals surface area contributed by atoms with Crippen LogP contribution in [0.3, 0.4) is 0 Å². The number of phenols is 1. The van der Waals surface area contributed by atoms with Gasteiger partial charge in [-0.25, -0.2) is 5.43 Å². The molecule has 67 heavy (non-hydrogen) atoms. The number of rotatable bonds is 9. The molecule has 0 spiro atoms. The zero-order chi connectivity index (χ0) is 48.1. The lowest BCUT2D eigenvalue weighted by molar-refractivity contribution is -0.156. The molecule has 14 heteroatoms. The lowest BCUT2D eigenvalue weighted by atomic mass is 9.66. The molecule has 1 aromatic heterocycles. The first-order valence-electron chi connectivity index (χ1n) is 23.5. The number of nitrogens with zero attached hydrogens (tertiary/aromatic N) is 4. The number of likely N-dealkylation sites (tertiary alicyclic amines) is 1. The third-order valence-corrected chi connectivity index (χ3v) is 14.4. The number of carbonyl (C=O) groups is 5. The van der Waals surface area contributed by atoms with Crippen LogP contribution in [0, 0.1) is 23.2 Å². The van der Waals surface area contributed by atoms with Gasteiger partial charge in [-0.05, 0) is 96.7 Å². The third kappa shape index (κ3) is 8.77. The number of aryl methyl sites for hydroxylation is 1. The van der Waals surface area contributed by atoms with E-state index in [0.29, 0.717) is 37.9 Å². The number of benzene rings is 3. The fourth-order valence-corrected chi connectivity index (χ4v) is 11.1. The van der Waals surface area contributed by atoms with Crippen LogP contribution in [0.4, 0.5) is 0 Å². The number of likely N-dealkylation sites (N-methyl/N-ethyl adjacent to an activating group) is 1. The quantitative estimate of drug-likeness (QED) is 0.120. The van der Waals surface area contributed by atoms with Gasteiger partial charge in [-0.3, -0.25) is 29.0 Å². The van der Waals surface area contributed by atoms with Crippen molar-refractivity contribution in [3.05, 3.63) is 102 Å². The highest BCUT2D eigenvalue weighted by Crippen LogP contribution is 2.57. The zero-order valence-electron chi connectivity index (χ0n) is 39.8. The summed E-state index contributed by atoms with van der Waals surface area (Å²) < 4.78 is 15.0. The lowest BCUT2D eigenvalue weighted by Gasteiger charge is -2.43. The normalized spacial score (nSPS) is 23.0. The van der Waals surface area contributed by atoms with Crippen LogP contribution in [0.2, 0.25) is 0 Å². The molecule has 354 valence electrons. The Bertz CT molecular complexity index is 2650. The Morgan fingerprint density at radius 1 is 1.06 bits per heavy atom. The van der Waals surface area contributed by atoms with Gasteiger partial charge in [0.05, 0.1) is 30.2 Å². The first kappa shape index (κ1) is 47.3. The third-order valence-electron chi connectivity index (χ3n) is 14.4. The van der Waals surface area contributed by atoms with E-state index in [0.717, 1.165) is 44.4 Å². The average Bonchev–Trinajstić information content (AvgIpc) is 3.94. The van der Waals surface area contributed by atoms with E-state index in [2.05, 4.69) is 73.5 Å². The number of hydrogen-bond acceptors (Lipinski definition) is 9. The van der Waals surface area contributed by atoms with Gasteiger partial charge in [-0.2, -0.15) is 0 Å². The highest BCUT2D eigenvalue weighted by molar-refractivity contribution is 5.97. The maximum absolute atomic E-state index is 14.9. The monoisotopic (exact) mass is 912 g/mol. The molecule has 0 saturated carbocycles. The molecule has 4 heterocycles. The molecular weight excluding hydrogens is 849 g/mol. The molecule has 1 aliphatic carbocycles. The van der Waals surface area contributed by atoms with E-state index < -0.39 is 47.1 Å². The van der Waals surface area contributed by atoms with Gasteiger partial charge in [0, 0.05) is 73.8 Å². The van der Waals surface area contributed by atoms with E-state index in [1.165, 1.54) is 16.0 Å². The number of hydrogen-bond donors (Lipinski definition) is 3. The van der Waals surface area contributed by atoms with E-state index >= 15 is 0 Å². The predicted octanol–water partition coefficient (Wildman–Crippen LogP) is 6.87. The molecular formula is C53H64N6O8. The molecule has 6 atom stereocenters. The number of cyclic esters (lactones) is 1. The van der Waals surface area contributed by atoms with Crippen LogP contribution >= 0.6 is 0 Å². The summed E-state index contributed by atoms with van der Waals surface area (Å²) in [6.45, 7) is 19.6. The van der Waals surface area contributed by atoms with E-state index in [-0.39, 0.29) is 67.3 Å². The summed E-state index contributed by atoms with van der Waals surface area (Å²) in [5, 5.41) is 16.7. The molecule has 4 amide bonds. The fourth-order valence-electron chi connectivity index (χ4n) is 11.1. The van der Waals surface area contributed by atoms with Crippen LogP contribution in [-0.4, -0.2) is 107 Å². The summed E-state index contributed by atoms with van der Waals surface area (Å²) in [6.07, 6.45) is 2.32. The smallest absolute Gasteiger partial charge is 0.324 e. The number of methoxy groups -OCH3 is 1. The maximum atomic E-state index is 14.9. The van der Waals surface area contributed by atoms with Crippen LogP contribution in [0.1, 0.15) is 82.6 Å². The minimum atomic E-state index is -1.05. The molecule has 2 unspecified atom stereocenters. The number of phenolic OH excluding ortho intramolecular Hbond substituents is 1. The maximum Gasteiger partial charge on any atom is 0.324 e. The zero-order valence-corrected chi connectivity index (χ0v) is 39.8. The number of amides is 4. The van der Waals surface area contributed by atoms with Crippen LogP contribution in [0.25, 0.3) is 33.3 Å². The number of fused-ring (bicyclic) bond motifs is 8. The summed E-state index contributed by atoms with van der Waals surface area (Å²) in [4.78, 5) is 72.5. The Morgan fingerprint density at radius 3 is 2.54 bits per heavy atom. The van der Waals surface area contributed by atoms with Gasteiger partial charge in [0.15, 0.2) is 0 Å². The number of nitrogens with one attached hydrogen (secondary N) is 2. The van der Waals surface area contributed by atoms with E-state index in [9.17, 15) is 29.1 Å². The van der Waals surface area contributed by atoms with Crippen molar-refractivity contribution in [3.8, 4) is 28.1 Å². The molecule has 4 aliphatic rings. The SMILES string of the molecule is C=CC(=O)N1CC[C@H](C(=O)N(C)[C@H](C(=O)NC(=C)C2Cc3cc(O)cc(c3)-c3ccc4c(c3)c3c(n4CC)-c4ccccc4[C@@H](OC)C3C(C)(C)COC(=O)[C@@H]3CCCN(N3)C2=O)C(C)C)C1. The van der Waals surface area contributed by atoms with E-state index in [4.69, 9.17) is 9.47 Å². The van der Waals surface area contributed by atoms with Gasteiger partial charge in [0.2, 0.25) is 23.6 Å². The van der Waals surface area contributed by atoms with Crippen LogP contribution in [0.5, 0.6) is 5.75 Å². The van der Waals surface area contributed by atoms with Gasteiger partial charge in [-0.1, -0.05) is 77.3 Å². The van der Waals surface area contributed by atoms with Crippen LogP contribution in [-0.2, 0) is 46.4 Å². The van der Waals surface area contributed by atoms with Crippen molar-refractivity contribution in [2.24, 2.45) is 23.2 Å². The van der Waals surface area contributed by atoms with Crippen molar-refractivity contribution >= 4 is 40.5 Å². The molecule has 2 fully saturated rings. The van der Waals surface area contributed by atoms with Crippen molar-refractivity contribution in [3.63, 3.8) is 0 Å². The van der Waals surface area contributed by atoms with E-state index in [1.807, 2.05) is 38.1 Å². The minimum Gasteiger partial charge on any atom is -0.508 e. The molecule has 6 bridgehead atoms. The molecule has 14 nitrogen and oxygen atoms in total. The lowest BCUT2D eigenvalue weighted by Crippen LogP contribution is -2.58. The topological polar surface area (TPSA) is 163 Å². The Hall–Kier alpha value is -6.25. The van der Waals surface area contributed by atoms with Crippen molar-refractivity contribution in [1.29, 1.82) is 0 Å². The van der Waals surface area contributed by atoms with Gasteiger partial charge in [0.25, 0.3) is 0 Å². The Kier molecular flexibility index (Phi) is 13.3. The molecule has 8 rings (SSSR count). The Labute approximate surface area is 392 Å². The number of esters is 1. The standard InChI is InChI=1S/C53H64N6O8/c1-10-43(61)57-22-20-34(28-57)50(63)56(8)46(30(3)4)49(62)54-31(5)39-25-32-23-35(26-36(60)24-32)33-18-19-42-40(27-33)44-45(48(66-9)38-16-13-12-15-37(38)47(44)58(42)11-2)53(6,7)29-67-52(65)41-17-14-21-59(55-41)51(39)64/h10,12-13,15-16,18-19,23-24,26-27,30,34,39,41,45-46,48,55,60H,1,5,11,14,17,20-22,25,28-29H2,2-4,6-9H3,(H,54,62)/t34-,39?,41-,45?,46-,48+/m0/s1. The number of ether oxygens (including phenoxy) is 2. The first-order chi connectivity index (χ1) is 32.0. The number of aromatic hydroxyl groups is 1. The van der Waals surface area contributed by atoms with Crippen LogP contribution < -0.4 is 10.7 Å². The van der Waals surface area contributed by atoms with Crippen molar-refractivity contribution < 1.29 is 38.6 Å². The minimum absolute atomic E-state index is 0.00238. The van der Waals surface area contributed by atoms with Crippen molar-refractivity contribution in [2.45, 2.75) is 91.0 Å². The van der Waals surface area contributed by atoms with Crippen LogP contribution in [0.15, 0.2) is 85.6 Å². The molecule has 4 aromatic rings. The summed E-state index contributed by atoms with van der Waals surface area (Å²) >= 11 is 0. The van der Waals surface area contributed by atoms with Gasteiger partial charge < -0.3 is 34.3 Å². The molecule has 2 saturated heterocycles. The summed E-state index contributed by atoms with van der Waals surface area (Å²) in [5.74, 6) is -4.04. The fraction of sp³-hybridized carbons (Fsp3) is 0.453. The Balaban J connectivity index is 1.19. The first-order valence-corrected chi connectivity index (χ1v) is 23.5. The second-order valence-electron chi connectivity index (χ2n) is 19.6. The highest BCUT2D eigenvalue weighted by atomic mass is 16.5. The summed E-state index contributed by atoms with van der Waals surface area (Å²) in [7, 11) is 3.31. The van der Waals surface area contributed by atoms with Crippen molar-refractivity contribution in [1.82, 2.24) is 30.1 Å². The summed E-state index contributed by atoms with van der Waals surface area (Å²) in [6, 6.07) is 18.2. The van der Waals surface area contributed by atoms with Gasteiger partial charge in [-0.15, -0.1) is 0 Å². The highest BCUT2D eigenvalue weighted by Gasteiger charge is 2.47. The largest absolute Gasteiger partial charge is 0.508 e. The summed E-state index contributed by atoms with van der Waals surface area (Å²) in [5.41, 5.74) is 10.2. The second-order valence-corrected chi connectivity index (χ2v) is 19.6. The van der Waals surface area contributed by atoms with Crippen molar-refractivity contribution in [2.75, 3.05) is 40.4 Å². The second kappa shape index (κ2) is 18.8. The predicted molar refractivity (Wildman–Crippen MR) is 256 cm³/mol. The molecule has 3 aliphatic heterocycles. The van der Waals surface area contributed by atoms with Gasteiger partial charge >= 0.3 is 5.97 Å². The van der Waals surface area contributed by atoms with E-state index in [1.54, 1.807) is 31.2 Å². The average molecular weight is 913 g/mol. The Morgan fingerprint density at radius 2 is 1.82 bits per heavy atom. The molecule has 3 N–H and O–H groups in total. The number of aromatic nitrogens is 1. The number of hydrazine groups is 1.